The van der Waals surface area contributed by atoms with Crippen LogP contribution in [-0.2, 0) is 16.6 Å². The van der Waals surface area contributed by atoms with Crippen LogP contribution in [0.4, 0.5) is 5.69 Å². The van der Waals surface area contributed by atoms with E-state index in [0.29, 0.717) is 29.3 Å². The molecule has 1 amide bonds. The van der Waals surface area contributed by atoms with Gasteiger partial charge in [-0.25, -0.2) is 0 Å². The van der Waals surface area contributed by atoms with E-state index in [4.69, 9.17) is 9.47 Å². The smallest absolute Gasteiger partial charge is 0.303 e. The van der Waals surface area contributed by atoms with Crippen LogP contribution in [-0.4, -0.2) is 60.5 Å². The lowest BCUT2D eigenvalue weighted by molar-refractivity contribution is 0.0953. The molecule has 0 radical (unpaired) electrons. The van der Waals surface area contributed by atoms with E-state index < -0.39 is 10.2 Å². The summed E-state index contributed by atoms with van der Waals surface area (Å²) in [6.07, 6.45) is 1.55. The first kappa shape index (κ1) is 23.5. The van der Waals surface area contributed by atoms with Crippen LogP contribution in [0.15, 0.2) is 42.5 Å². The Bertz CT molecular complexity index is 959. The molecule has 0 saturated carbocycles. The maximum Gasteiger partial charge on any atom is 0.303 e. The summed E-state index contributed by atoms with van der Waals surface area (Å²) in [6.45, 7) is 0.518. The van der Waals surface area contributed by atoms with Gasteiger partial charge in [0.1, 0.15) is 0 Å². The van der Waals surface area contributed by atoms with Gasteiger partial charge in [0.2, 0.25) is 0 Å². The second-order valence-electron chi connectivity index (χ2n) is 6.85. The van der Waals surface area contributed by atoms with Crippen molar-refractivity contribution in [2.45, 2.75) is 12.8 Å². The van der Waals surface area contributed by atoms with Crippen LogP contribution < -0.4 is 19.1 Å². The van der Waals surface area contributed by atoms with Gasteiger partial charge in [0.25, 0.3) is 5.91 Å². The summed E-state index contributed by atoms with van der Waals surface area (Å²) >= 11 is 0. The van der Waals surface area contributed by atoms with Crippen LogP contribution in [0, 0.1) is 0 Å². The van der Waals surface area contributed by atoms with E-state index >= 15 is 0 Å². The number of amides is 1. The lowest BCUT2D eigenvalue weighted by Crippen LogP contribution is -2.37. The number of nitrogens with zero attached hydrogens (tertiary/aromatic N) is 2. The molecule has 2 aromatic rings. The van der Waals surface area contributed by atoms with E-state index in [-0.39, 0.29) is 5.91 Å². The minimum Gasteiger partial charge on any atom is -0.493 e. The molecular weight excluding hydrogens is 406 g/mol. The number of hydrogen-bond acceptors (Lipinski definition) is 5. The molecule has 2 aromatic carbocycles. The average molecular weight is 436 g/mol. The highest BCUT2D eigenvalue weighted by Crippen LogP contribution is 2.27. The minimum atomic E-state index is -3.57. The van der Waals surface area contributed by atoms with Crippen molar-refractivity contribution in [1.29, 1.82) is 0 Å². The van der Waals surface area contributed by atoms with Crippen LogP contribution in [0.2, 0.25) is 0 Å². The average Bonchev–Trinajstić information content (AvgIpc) is 2.75. The van der Waals surface area contributed by atoms with E-state index in [1.807, 2.05) is 18.2 Å². The standard InChI is InChI=1S/C21H29N3O5S/c1-23(2)30(26,27)24(3)18-11-9-17(10-12-18)21(25)22-14-6-7-16-8-13-19(28-4)20(15-16)29-5/h8-13,15H,6-7,14H2,1-5H3,(H,22,25). The molecule has 0 aromatic heterocycles. The third-order valence-electron chi connectivity index (χ3n) is 4.68. The molecular formula is C21H29N3O5S. The number of nitrogens with one attached hydrogen (secondary N) is 1. The SMILES string of the molecule is COc1ccc(CCCNC(=O)c2ccc(N(C)S(=O)(=O)N(C)C)cc2)cc1OC. The van der Waals surface area contributed by atoms with Gasteiger partial charge in [-0.2, -0.15) is 12.7 Å². The first-order valence-corrected chi connectivity index (χ1v) is 10.9. The molecule has 0 aliphatic rings. The molecule has 1 N–H and O–H groups in total. The molecule has 0 fully saturated rings. The molecule has 0 spiro atoms. The molecule has 0 aliphatic heterocycles. The Labute approximate surface area is 178 Å². The van der Waals surface area contributed by atoms with E-state index in [9.17, 15) is 13.2 Å². The summed E-state index contributed by atoms with van der Waals surface area (Å²) in [6, 6.07) is 12.2. The molecule has 2 rings (SSSR count). The molecule has 0 unspecified atom stereocenters. The molecule has 0 bridgehead atoms. The quantitative estimate of drug-likeness (QED) is 0.579. The fourth-order valence-electron chi connectivity index (χ4n) is 2.83. The van der Waals surface area contributed by atoms with Gasteiger partial charge >= 0.3 is 10.2 Å². The van der Waals surface area contributed by atoms with Gasteiger partial charge in [-0.15, -0.1) is 0 Å². The Morgan fingerprint density at radius 2 is 1.60 bits per heavy atom. The lowest BCUT2D eigenvalue weighted by Gasteiger charge is -2.23. The highest BCUT2D eigenvalue weighted by molar-refractivity contribution is 7.90. The second-order valence-corrected chi connectivity index (χ2v) is 9.03. The number of anilines is 1. The Kier molecular flexibility index (Phi) is 8.08. The number of methoxy groups -OCH3 is 2. The number of ether oxygens (including phenoxy) is 2. The van der Waals surface area contributed by atoms with Crippen molar-refractivity contribution in [2.75, 3.05) is 46.2 Å². The highest BCUT2D eigenvalue weighted by Gasteiger charge is 2.21. The van der Waals surface area contributed by atoms with Crippen LogP contribution >= 0.6 is 0 Å². The Hall–Kier alpha value is -2.78. The zero-order valence-corrected chi connectivity index (χ0v) is 18.8. The van der Waals surface area contributed by atoms with Gasteiger partial charge in [-0.05, 0) is 54.8 Å². The number of carbonyl (C=O) groups excluding carboxylic acids is 1. The molecule has 0 aliphatic carbocycles. The molecule has 0 saturated heterocycles. The fraction of sp³-hybridized carbons (Fsp3) is 0.381. The summed E-state index contributed by atoms with van der Waals surface area (Å²) in [4.78, 5) is 12.3. The van der Waals surface area contributed by atoms with Crippen molar-refractivity contribution < 1.29 is 22.7 Å². The normalized spacial score (nSPS) is 11.3. The van der Waals surface area contributed by atoms with Gasteiger partial charge < -0.3 is 14.8 Å². The van der Waals surface area contributed by atoms with Gasteiger partial charge in [0.15, 0.2) is 11.5 Å². The number of carbonyl (C=O) groups is 1. The predicted molar refractivity (Wildman–Crippen MR) is 118 cm³/mol. The molecule has 0 heterocycles. The largest absolute Gasteiger partial charge is 0.493 e. The van der Waals surface area contributed by atoms with Crippen molar-refractivity contribution in [2.24, 2.45) is 0 Å². The van der Waals surface area contributed by atoms with Crippen molar-refractivity contribution in [3.63, 3.8) is 0 Å². The van der Waals surface area contributed by atoms with E-state index in [1.165, 1.54) is 21.1 Å². The summed E-state index contributed by atoms with van der Waals surface area (Å²) in [5.74, 6) is 1.16. The lowest BCUT2D eigenvalue weighted by atomic mass is 10.1. The monoisotopic (exact) mass is 435 g/mol. The zero-order valence-electron chi connectivity index (χ0n) is 18.0. The maximum atomic E-state index is 12.3. The van der Waals surface area contributed by atoms with Crippen molar-refractivity contribution in [3.8, 4) is 11.5 Å². The fourth-order valence-corrected chi connectivity index (χ4v) is 3.71. The number of benzene rings is 2. The van der Waals surface area contributed by atoms with Crippen molar-refractivity contribution >= 4 is 21.8 Å². The number of aryl methyl sites for hydroxylation is 1. The Morgan fingerprint density at radius 1 is 0.967 bits per heavy atom. The summed E-state index contributed by atoms with van der Waals surface area (Å²) in [7, 11) is 4.03. The zero-order chi connectivity index (χ0) is 22.3. The van der Waals surface area contributed by atoms with Crippen LogP contribution in [0.5, 0.6) is 11.5 Å². The predicted octanol–water partition coefficient (Wildman–Crippen LogP) is 2.31. The molecule has 9 heteroatoms. The van der Waals surface area contributed by atoms with Gasteiger partial charge in [0, 0.05) is 33.3 Å². The van der Waals surface area contributed by atoms with E-state index in [0.717, 1.165) is 27.0 Å². The molecule has 8 nitrogen and oxygen atoms in total. The summed E-state index contributed by atoms with van der Waals surface area (Å²) in [5, 5.41) is 2.88. The molecule has 164 valence electrons. The highest BCUT2D eigenvalue weighted by atomic mass is 32.2. The summed E-state index contributed by atoms with van der Waals surface area (Å²) in [5.41, 5.74) is 2.05. The van der Waals surface area contributed by atoms with Crippen LogP contribution in [0.25, 0.3) is 0 Å². The summed E-state index contributed by atoms with van der Waals surface area (Å²) < 4.78 is 37.2. The van der Waals surface area contributed by atoms with Crippen molar-refractivity contribution in [3.05, 3.63) is 53.6 Å². The van der Waals surface area contributed by atoms with Crippen molar-refractivity contribution in [1.82, 2.24) is 9.62 Å². The van der Waals surface area contributed by atoms with Gasteiger partial charge in [-0.3, -0.25) is 9.10 Å². The van der Waals surface area contributed by atoms with Gasteiger partial charge in [0.05, 0.1) is 19.9 Å². The third kappa shape index (κ3) is 5.64. The topological polar surface area (TPSA) is 88.2 Å². The number of rotatable bonds is 10. The van der Waals surface area contributed by atoms with Gasteiger partial charge in [-0.1, -0.05) is 6.07 Å². The second kappa shape index (κ2) is 10.3. The third-order valence-corrected chi connectivity index (χ3v) is 6.50. The first-order valence-electron chi connectivity index (χ1n) is 9.46. The van der Waals surface area contributed by atoms with E-state index in [2.05, 4.69) is 5.32 Å². The molecule has 30 heavy (non-hydrogen) atoms. The van der Waals surface area contributed by atoms with Crippen LogP contribution in [0.1, 0.15) is 22.3 Å². The Morgan fingerprint density at radius 3 is 2.17 bits per heavy atom. The number of hydrogen-bond donors (Lipinski definition) is 1. The molecule has 0 atom stereocenters. The van der Waals surface area contributed by atoms with Crippen LogP contribution in [0.3, 0.4) is 0 Å². The minimum absolute atomic E-state index is 0.202. The Balaban J connectivity index is 1.88. The maximum absolute atomic E-state index is 12.3. The van der Waals surface area contributed by atoms with E-state index in [1.54, 1.807) is 38.5 Å². The first-order chi connectivity index (χ1) is 14.2.